The van der Waals surface area contributed by atoms with Crippen molar-refractivity contribution in [3.63, 3.8) is 0 Å². The van der Waals surface area contributed by atoms with Gasteiger partial charge in [-0.1, -0.05) is 24.3 Å². The second kappa shape index (κ2) is 4.50. The lowest BCUT2D eigenvalue weighted by molar-refractivity contribution is 0.755. The molecule has 1 N–H and O–H groups in total. The fourth-order valence-electron chi connectivity index (χ4n) is 2.46. The van der Waals surface area contributed by atoms with E-state index < -0.39 is 0 Å². The molecule has 0 radical (unpaired) electrons. The third-order valence-corrected chi connectivity index (χ3v) is 3.55. The van der Waals surface area contributed by atoms with Crippen LogP contribution in [0.15, 0.2) is 24.3 Å². The summed E-state index contributed by atoms with van der Waals surface area (Å²) in [6.07, 6.45) is 0.820. The summed E-state index contributed by atoms with van der Waals surface area (Å²) in [5.74, 6) is 0.934. The normalized spacial score (nSPS) is 13.7. The van der Waals surface area contributed by atoms with Crippen molar-refractivity contribution < 1.29 is 0 Å². The SMILES string of the molecule is Cc1ccccc1Cc1nc(C)c2c(n1)CNC2. The molecule has 2 heterocycles. The van der Waals surface area contributed by atoms with Crippen molar-refractivity contribution >= 4 is 0 Å². The van der Waals surface area contributed by atoms with E-state index in [4.69, 9.17) is 0 Å². The van der Waals surface area contributed by atoms with Gasteiger partial charge in [-0.3, -0.25) is 0 Å². The summed E-state index contributed by atoms with van der Waals surface area (Å²) >= 11 is 0. The fraction of sp³-hybridized carbons (Fsp3) is 0.333. The van der Waals surface area contributed by atoms with Crippen molar-refractivity contribution in [3.05, 3.63) is 58.2 Å². The number of hydrogen-bond donors (Lipinski definition) is 1. The van der Waals surface area contributed by atoms with E-state index >= 15 is 0 Å². The fourth-order valence-corrected chi connectivity index (χ4v) is 2.46. The van der Waals surface area contributed by atoms with Crippen LogP contribution in [0, 0.1) is 13.8 Å². The van der Waals surface area contributed by atoms with Gasteiger partial charge in [-0.25, -0.2) is 9.97 Å². The minimum atomic E-state index is 0.820. The topological polar surface area (TPSA) is 37.8 Å². The van der Waals surface area contributed by atoms with E-state index in [1.165, 1.54) is 22.4 Å². The molecule has 0 fully saturated rings. The Morgan fingerprint density at radius 3 is 2.78 bits per heavy atom. The standard InChI is InChI=1S/C15H17N3/c1-10-5-3-4-6-12(10)7-15-17-11(2)13-8-16-9-14(13)18-15/h3-6,16H,7-9H2,1-2H3. The zero-order chi connectivity index (χ0) is 12.5. The largest absolute Gasteiger partial charge is 0.307 e. The summed E-state index contributed by atoms with van der Waals surface area (Å²) in [5, 5.41) is 3.33. The lowest BCUT2D eigenvalue weighted by Crippen LogP contribution is -2.04. The van der Waals surface area contributed by atoms with E-state index in [0.717, 1.165) is 31.0 Å². The van der Waals surface area contributed by atoms with Crippen molar-refractivity contribution in [1.29, 1.82) is 0 Å². The molecule has 0 atom stereocenters. The quantitative estimate of drug-likeness (QED) is 0.873. The third kappa shape index (κ3) is 2.02. The summed E-state index contributed by atoms with van der Waals surface area (Å²) in [6.45, 7) is 6.00. The number of aromatic nitrogens is 2. The van der Waals surface area contributed by atoms with Crippen LogP contribution in [0.1, 0.15) is 33.9 Å². The first-order chi connectivity index (χ1) is 8.74. The zero-order valence-electron chi connectivity index (χ0n) is 10.8. The van der Waals surface area contributed by atoms with Gasteiger partial charge in [0.2, 0.25) is 0 Å². The van der Waals surface area contributed by atoms with Gasteiger partial charge in [0, 0.05) is 30.8 Å². The Bertz CT molecular complexity index is 590. The molecule has 0 bridgehead atoms. The minimum absolute atomic E-state index is 0.820. The van der Waals surface area contributed by atoms with Crippen molar-refractivity contribution in [2.75, 3.05) is 0 Å². The Kier molecular flexibility index (Phi) is 2.84. The molecule has 2 aromatic rings. The number of nitrogens with one attached hydrogen (secondary N) is 1. The Labute approximate surface area is 107 Å². The highest BCUT2D eigenvalue weighted by Gasteiger charge is 2.16. The van der Waals surface area contributed by atoms with Crippen LogP contribution < -0.4 is 5.32 Å². The Morgan fingerprint density at radius 2 is 1.94 bits per heavy atom. The zero-order valence-corrected chi connectivity index (χ0v) is 10.8. The van der Waals surface area contributed by atoms with Crippen LogP contribution in [0.5, 0.6) is 0 Å². The number of benzene rings is 1. The van der Waals surface area contributed by atoms with E-state index in [1.807, 2.05) is 0 Å². The predicted octanol–water partition coefficient (Wildman–Crippen LogP) is 2.29. The minimum Gasteiger partial charge on any atom is -0.307 e. The number of fused-ring (bicyclic) bond motifs is 1. The molecule has 0 saturated heterocycles. The van der Waals surface area contributed by atoms with E-state index in [2.05, 4.69) is 53.4 Å². The number of aryl methyl sites for hydroxylation is 2. The van der Waals surface area contributed by atoms with Gasteiger partial charge in [0.1, 0.15) is 5.82 Å². The maximum absolute atomic E-state index is 4.68. The molecule has 3 heteroatoms. The van der Waals surface area contributed by atoms with Crippen molar-refractivity contribution in [2.24, 2.45) is 0 Å². The summed E-state index contributed by atoms with van der Waals surface area (Å²) < 4.78 is 0. The molecule has 1 aliphatic heterocycles. The van der Waals surface area contributed by atoms with Crippen molar-refractivity contribution in [2.45, 2.75) is 33.4 Å². The second-order valence-corrected chi connectivity index (χ2v) is 4.86. The monoisotopic (exact) mass is 239 g/mol. The van der Waals surface area contributed by atoms with Crippen LogP contribution in [0.4, 0.5) is 0 Å². The van der Waals surface area contributed by atoms with E-state index in [0.29, 0.717) is 0 Å². The summed E-state index contributed by atoms with van der Waals surface area (Å²) in [5.41, 5.74) is 6.18. The van der Waals surface area contributed by atoms with E-state index in [9.17, 15) is 0 Å². The highest BCUT2D eigenvalue weighted by atomic mass is 15.0. The summed E-state index contributed by atoms with van der Waals surface area (Å²) in [4.78, 5) is 9.31. The Hall–Kier alpha value is -1.74. The maximum atomic E-state index is 4.68. The van der Waals surface area contributed by atoms with Crippen LogP contribution in [0.2, 0.25) is 0 Å². The number of nitrogens with zero attached hydrogens (tertiary/aromatic N) is 2. The molecule has 3 nitrogen and oxygen atoms in total. The molecule has 1 aromatic heterocycles. The first kappa shape index (κ1) is 11.4. The van der Waals surface area contributed by atoms with E-state index in [1.54, 1.807) is 0 Å². The molecule has 0 spiro atoms. The van der Waals surface area contributed by atoms with Gasteiger partial charge in [-0.2, -0.15) is 0 Å². The number of rotatable bonds is 2. The lowest BCUT2D eigenvalue weighted by atomic mass is 10.1. The van der Waals surface area contributed by atoms with Gasteiger partial charge < -0.3 is 5.32 Å². The van der Waals surface area contributed by atoms with Gasteiger partial charge in [-0.05, 0) is 25.0 Å². The van der Waals surface area contributed by atoms with Crippen molar-refractivity contribution in [3.8, 4) is 0 Å². The molecular formula is C15H17N3. The smallest absolute Gasteiger partial charge is 0.133 e. The molecular weight excluding hydrogens is 222 g/mol. The van der Waals surface area contributed by atoms with E-state index in [-0.39, 0.29) is 0 Å². The van der Waals surface area contributed by atoms with Gasteiger partial charge in [0.05, 0.1) is 5.69 Å². The molecule has 18 heavy (non-hydrogen) atoms. The molecule has 92 valence electrons. The molecule has 1 aliphatic rings. The average Bonchev–Trinajstić information content (AvgIpc) is 2.81. The third-order valence-electron chi connectivity index (χ3n) is 3.55. The van der Waals surface area contributed by atoms with Gasteiger partial charge >= 0.3 is 0 Å². The van der Waals surface area contributed by atoms with Gasteiger partial charge in [0.25, 0.3) is 0 Å². The van der Waals surface area contributed by atoms with Crippen LogP contribution >= 0.6 is 0 Å². The Balaban J connectivity index is 1.95. The van der Waals surface area contributed by atoms with Crippen LogP contribution in [-0.2, 0) is 19.5 Å². The van der Waals surface area contributed by atoms with Gasteiger partial charge in [0.15, 0.2) is 0 Å². The first-order valence-electron chi connectivity index (χ1n) is 6.34. The highest BCUT2D eigenvalue weighted by molar-refractivity contribution is 5.32. The van der Waals surface area contributed by atoms with Crippen LogP contribution in [-0.4, -0.2) is 9.97 Å². The first-order valence-corrected chi connectivity index (χ1v) is 6.34. The maximum Gasteiger partial charge on any atom is 0.133 e. The predicted molar refractivity (Wildman–Crippen MR) is 71.3 cm³/mol. The summed E-state index contributed by atoms with van der Waals surface area (Å²) in [6, 6.07) is 8.43. The lowest BCUT2D eigenvalue weighted by Gasteiger charge is -2.08. The molecule has 3 rings (SSSR count). The molecule has 0 aliphatic carbocycles. The molecule has 0 unspecified atom stereocenters. The molecule has 1 aromatic carbocycles. The summed E-state index contributed by atoms with van der Waals surface area (Å²) in [7, 11) is 0. The molecule has 0 saturated carbocycles. The van der Waals surface area contributed by atoms with Crippen LogP contribution in [0.3, 0.4) is 0 Å². The van der Waals surface area contributed by atoms with Crippen molar-refractivity contribution in [1.82, 2.24) is 15.3 Å². The number of hydrogen-bond acceptors (Lipinski definition) is 3. The Morgan fingerprint density at radius 1 is 1.11 bits per heavy atom. The average molecular weight is 239 g/mol. The second-order valence-electron chi connectivity index (χ2n) is 4.86. The van der Waals surface area contributed by atoms with Gasteiger partial charge in [-0.15, -0.1) is 0 Å². The molecule has 0 amide bonds. The highest BCUT2D eigenvalue weighted by Crippen LogP contribution is 2.18. The van der Waals surface area contributed by atoms with Crippen LogP contribution in [0.25, 0.3) is 0 Å².